The van der Waals surface area contributed by atoms with Crippen molar-refractivity contribution in [3.8, 4) is 0 Å². The molecule has 27 aliphatic heterocycles. The first-order valence-electron chi connectivity index (χ1n) is 29.3. The molecular weight excluding hydrogens is 1610 g/mol. The van der Waals surface area contributed by atoms with Gasteiger partial charge in [0.05, 0.1) is 76.3 Å². The Morgan fingerprint density at radius 3 is 0.468 bits per heavy atom. The van der Waals surface area contributed by atoms with E-state index in [1.165, 1.54) is 143 Å². The van der Waals surface area contributed by atoms with Crippen molar-refractivity contribution in [2.75, 3.05) is 37.5 Å². The zero-order valence-electron chi connectivity index (χ0n) is 51.9. The van der Waals surface area contributed by atoms with E-state index >= 15 is 0 Å². The third-order valence-corrected chi connectivity index (χ3v) is 50.5. The summed E-state index contributed by atoms with van der Waals surface area (Å²) in [6, 6.07) is 57.8. The Kier molecular flexibility index (Phi) is 25.6. The Bertz CT molecular complexity index is 3500. The monoisotopic (exact) mass is 1670 g/mol. The molecule has 484 valence electrons. The van der Waals surface area contributed by atoms with Crippen LogP contribution in [0, 0.1) is 0 Å². The first kappa shape index (κ1) is 72.3. The summed E-state index contributed by atoms with van der Waals surface area (Å²) in [4.78, 5) is 0. The van der Waals surface area contributed by atoms with E-state index in [9.17, 15) is 0 Å². The molecule has 0 saturated heterocycles. The van der Waals surface area contributed by atoms with Crippen LogP contribution in [0.25, 0.3) is 0 Å². The molecule has 6 aromatic rings. The Labute approximate surface area is 658 Å². The lowest BCUT2D eigenvalue weighted by atomic mass is 9.71. The van der Waals surface area contributed by atoms with Gasteiger partial charge >= 0.3 is 0 Å². The third-order valence-electron chi connectivity index (χ3n) is 16.2. The van der Waals surface area contributed by atoms with Gasteiger partial charge in [-0.05, 0) is 118 Å². The largest absolute Gasteiger partial charge is 0.121 e. The molecule has 0 radical (unpaired) electrons. The first-order valence-corrected chi connectivity index (χ1v) is 52.4. The fraction of sp³-hybridized carbons (Fsp3) is 0.229. The van der Waals surface area contributed by atoms with Gasteiger partial charge in [0.1, 0.15) is 0 Å². The molecule has 0 N–H and O–H groups in total. The van der Waals surface area contributed by atoms with Crippen LogP contribution in [0.4, 0.5) is 0 Å². The van der Waals surface area contributed by atoms with E-state index in [0.717, 1.165) is 34.5 Å². The van der Waals surface area contributed by atoms with Gasteiger partial charge < -0.3 is 0 Å². The van der Waals surface area contributed by atoms with Crippen LogP contribution in [0.5, 0.6) is 0 Å². The van der Waals surface area contributed by atoms with Crippen molar-refractivity contribution in [1.82, 2.24) is 0 Å². The molecule has 0 aromatic heterocycles. The lowest BCUT2D eigenvalue weighted by Gasteiger charge is -2.32. The van der Waals surface area contributed by atoms with Crippen molar-refractivity contribution in [2.24, 2.45) is 0 Å². The fourth-order valence-corrected chi connectivity index (χ4v) is 44.1. The Balaban J connectivity index is 0.842. The van der Waals surface area contributed by atoms with Crippen LogP contribution in [0.3, 0.4) is 0 Å². The predicted molar refractivity (Wildman–Crippen MR) is 473 cm³/mol. The minimum atomic E-state index is -0.381. The second-order valence-electron chi connectivity index (χ2n) is 21.8. The summed E-state index contributed by atoms with van der Waals surface area (Å²) >= 11 is 47.1. The zero-order chi connectivity index (χ0) is 64.5. The van der Waals surface area contributed by atoms with Gasteiger partial charge in [0.25, 0.3) is 0 Å². The molecule has 0 amide bonds. The van der Waals surface area contributed by atoms with Gasteiger partial charge in [-0.1, -0.05) is 287 Å². The molecule has 27 aliphatic rings. The summed E-state index contributed by atoms with van der Waals surface area (Å²) < 4.78 is 25.5. The lowest BCUT2D eigenvalue weighted by Crippen LogP contribution is -2.25. The maximum absolute atomic E-state index is 2.45. The average Bonchev–Trinajstić information content (AvgIpc) is 1.32. The fourth-order valence-electron chi connectivity index (χ4n) is 10.9. The number of hydrogen-bond donors (Lipinski definition) is 0. The molecule has 94 heavy (non-hydrogen) atoms. The van der Waals surface area contributed by atoms with Crippen LogP contribution >= 0.6 is 282 Å². The number of thioether (sulfide) groups is 24. The summed E-state index contributed by atoms with van der Waals surface area (Å²) in [7, 11) is 0. The van der Waals surface area contributed by atoms with E-state index in [4.69, 9.17) is 0 Å². The lowest BCUT2D eigenvalue weighted by molar-refractivity contribution is 0.691. The summed E-state index contributed by atoms with van der Waals surface area (Å²) in [6.07, 6.45) is 13.5. The highest BCUT2D eigenvalue weighted by atomic mass is 32.3. The molecule has 26 bridgehead atoms. The molecule has 0 aliphatic carbocycles. The Morgan fingerprint density at radius 2 is 0.340 bits per heavy atom. The molecule has 0 saturated carbocycles. The summed E-state index contributed by atoms with van der Waals surface area (Å²) in [5.41, 5.74) is 15.2. The quantitative estimate of drug-likeness (QED) is 0.155. The van der Waals surface area contributed by atoms with E-state index in [-0.39, 0.29) is 10.8 Å². The van der Waals surface area contributed by atoms with Crippen molar-refractivity contribution in [1.29, 1.82) is 0 Å². The Hall–Kier alpha value is 1.38. The molecule has 33 rings (SSSR count). The topological polar surface area (TPSA) is 0 Å². The first-order chi connectivity index (χ1) is 45.9. The van der Waals surface area contributed by atoms with Crippen LogP contribution in [0.1, 0.15) is 80.6 Å². The van der Waals surface area contributed by atoms with Crippen molar-refractivity contribution in [3.63, 3.8) is 0 Å². The normalized spacial score (nSPS) is 22.5. The predicted octanol–water partition coefficient (Wildman–Crippen LogP) is 29.7. The van der Waals surface area contributed by atoms with Gasteiger partial charge in [-0.25, -0.2) is 0 Å². The van der Waals surface area contributed by atoms with Gasteiger partial charge in [-0.15, -0.1) is 141 Å². The van der Waals surface area contributed by atoms with Crippen LogP contribution in [0.2, 0.25) is 0 Å². The van der Waals surface area contributed by atoms with E-state index in [2.05, 4.69) is 197 Å². The van der Waals surface area contributed by atoms with E-state index in [1.54, 1.807) is 0 Å². The third kappa shape index (κ3) is 16.0. The maximum Gasteiger partial charge on any atom is 0.0717 e. The van der Waals surface area contributed by atoms with Gasteiger partial charge in [-0.3, -0.25) is 0 Å². The molecular formula is C70H60S24. The van der Waals surface area contributed by atoms with Gasteiger partial charge in [0.2, 0.25) is 0 Å². The van der Waals surface area contributed by atoms with Crippen molar-refractivity contribution < 1.29 is 0 Å². The van der Waals surface area contributed by atoms with E-state index in [1.807, 2.05) is 282 Å². The molecule has 6 aromatic carbocycles. The number of benzene rings is 6. The molecule has 0 fully saturated rings. The highest BCUT2D eigenvalue weighted by Crippen LogP contribution is 2.69. The van der Waals surface area contributed by atoms with Crippen LogP contribution < -0.4 is 0 Å². The van der Waals surface area contributed by atoms with Gasteiger partial charge in [0.15, 0.2) is 0 Å². The van der Waals surface area contributed by atoms with Crippen LogP contribution in [0.15, 0.2) is 222 Å². The molecule has 27 heterocycles. The SMILES string of the molecule is CSC1=C2SCc3ccc(cc3)C3(C)c4ccc(cc4)CSC4=C(SC)SC(=C5SC(SC)=C(SCc6ccc(cc6)C(C)(c6ccc(cc6)CSC6=C(SC)SC(=C(S1)S2)S6)c1ccc(cc1)CSC1=C(SC)SC(=C2SC(SC)=C(SCc6ccc3cc6)S2)S1)S5)S4. The Morgan fingerprint density at radius 1 is 0.202 bits per heavy atom. The van der Waals surface area contributed by atoms with Crippen LogP contribution in [-0.4, -0.2) is 37.5 Å². The number of rotatable bonds is 6. The minimum Gasteiger partial charge on any atom is -0.121 e. The summed E-state index contributed by atoms with van der Waals surface area (Å²) in [5.74, 6) is 5.54. The molecule has 0 spiro atoms. The van der Waals surface area contributed by atoms with Crippen molar-refractivity contribution in [3.05, 3.63) is 289 Å². The standard InChI is InChI=1S/C70H60S24/c1-69-45-21-9-39(10-22-45)33-77-57-51(71-3)83-63(89-57)66-86-54(74-6)60(92-66)80-36-42-15-27-48(28-16-42)70(2,49-29-17-43(18-30-49)37-81-61-55(75-7)87-67(93-61)64-84-52(72-4)58(90-64)78-34-40-11-23-46(69)24-12-40)50-31-19-44(20-32-50)38-82-62-56(76-8)88-68(94-62)65-85-53(73-5)59(91-65)79-35-41-13-25-47(69)26-14-41/h9-32H,33-38H2,1-8H3. The average molecular weight is 1670 g/mol. The highest BCUT2D eigenvalue weighted by Gasteiger charge is 2.37. The van der Waals surface area contributed by atoms with E-state index in [0.29, 0.717) is 0 Å². The second kappa shape index (κ2) is 33.2. The van der Waals surface area contributed by atoms with Crippen molar-refractivity contribution >= 4 is 282 Å². The summed E-state index contributed by atoms with van der Waals surface area (Å²) in [5, 5.41) is 0. The van der Waals surface area contributed by atoms with Gasteiger partial charge in [0, 0.05) is 45.3 Å². The molecule has 0 atom stereocenters. The smallest absolute Gasteiger partial charge is 0.0717 e. The second-order valence-corrected chi connectivity index (χ2v) is 49.5. The zero-order valence-corrected chi connectivity index (χ0v) is 71.5. The summed E-state index contributed by atoms with van der Waals surface area (Å²) in [6.45, 7) is 4.90. The van der Waals surface area contributed by atoms with Crippen molar-refractivity contribution in [2.45, 2.75) is 59.2 Å². The van der Waals surface area contributed by atoms with Crippen LogP contribution in [-0.2, 0) is 45.3 Å². The molecule has 0 unspecified atom stereocenters. The highest BCUT2D eigenvalue weighted by molar-refractivity contribution is 8.47. The maximum atomic E-state index is 2.45. The molecule has 24 heteroatoms. The van der Waals surface area contributed by atoms with Gasteiger partial charge in [-0.2, -0.15) is 0 Å². The number of hydrogen-bond acceptors (Lipinski definition) is 24. The van der Waals surface area contributed by atoms with E-state index < -0.39 is 0 Å². The minimum absolute atomic E-state index is 0.381. The molecule has 0 nitrogen and oxygen atoms in total.